The van der Waals surface area contributed by atoms with Gasteiger partial charge in [0.15, 0.2) is 5.75 Å². The van der Waals surface area contributed by atoms with E-state index in [1.165, 1.54) is 11.3 Å². The minimum atomic E-state index is 0.282. The molecule has 0 unspecified atom stereocenters. The fourth-order valence-corrected chi connectivity index (χ4v) is 3.05. The minimum absolute atomic E-state index is 0.282. The van der Waals surface area contributed by atoms with Crippen molar-refractivity contribution in [3.63, 3.8) is 0 Å². The van der Waals surface area contributed by atoms with Crippen LogP contribution in [0.5, 0.6) is 5.75 Å². The number of nitrogens with two attached hydrogens (primary N) is 2. The number of piperidine rings is 1. The summed E-state index contributed by atoms with van der Waals surface area (Å²) in [6, 6.07) is 2.38. The summed E-state index contributed by atoms with van der Waals surface area (Å²) in [5, 5.41) is 9.93. The van der Waals surface area contributed by atoms with Gasteiger partial charge in [0.2, 0.25) is 0 Å². The minimum Gasteiger partial charge on any atom is -0.492 e. The van der Waals surface area contributed by atoms with Crippen molar-refractivity contribution in [3.05, 3.63) is 4.88 Å². The zero-order chi connectivity index (χ0) is 12.4. The lowest BCUT2D eigenvalue weighted by molar-refractivity contribution is 0.415. The molecule has 0 bridgehead atoms. The summed E-state index contributed by atoms with van der Waals surface area (Å²) in [6.07, 6.45) is 1.92. The maximum absolute atomic E-state index is 8.98. The van der Waals surface area contributed by atoms with Gasteiger partial charge in [-0.15, -0.1) is 11.3 Å². The molecule has 5 nitrogen and oxygen atoms in total. The van der Waals surface area contributed by atoms with E-state index in [9.17, 15) is 0 Å². The molecule has 0 spiro atoms. The van der Waals surface area contributed by atoms with Crippen molar-refractivity contribution in [2.45, 2.75) is 18.9 Å². The van der Waals surface area contributed by atoms with Crippen molar-refractivity contribution in [3.8, 4) is 11.8 Å². The largest absolute Gasteiger partial charge is 0.492 e. The number of nitriles is 1. The second-order valence-electron chi connectivity index (χ2n) is 4.12. The monoisotopic (exact) mass is 252 g/mol. The summed E-state index contributed by atoms with van der Waals surface area (Å²) in [7, 11) is 1.58. The van der Waals surface area contributed by atoms with Gasteiger partial charge in [0.05, 0.1) is 7.11 Å². The second kappa shape index (κ2) is 4.82. The van der Waals surface area contributed by atoms with Crippen LogP contribution in [-0.4, -0.2) is 26.2 Å². The van der Waals surface area contributed by atoms with Crippen LogP contribution in [0.1, 0.15) is 17.7 Å². The van der Waals surface area contributed by atoms with Gasteiger partial charge < -0.3 is 21.1 Å². The molecule has 0 saturated carbocycles. The summed E-state index contributed by atoms with van der Waals surface area (Å²) < 4.78 is 5.30. The van der Waals surface area contributed by atoms with E-state index in [-0.39, 0.29) is 6.04 Å². The molecule has 0 aliphatic carbocycles. The molecule has 0 aromatic carbocycles. The number of thiophene rings is 1. The number of hydrogen-bond donors (Lipinski definition) is 2. The predicted molar refractivity (Wildman–Crippen MR) is 69.4 cm³/mol. The lowest BCUT2D eigenvalue weighted by Crippen LogP contribution is -2.39. The Kier molecular flexibility index (Phi) is 3.41. The van der Waals surface area contributed by atoms with Gasteiger partial charge in [-0.1, -0.05) is 0 Å². The number of nitrogens with zero attached hydrogens (tertiary/aromatic N) is 2. The molecule has 1 aromatic heterocycles. The standard InChI is InChI=1S/C11H16N4OS/c1-16-10-9(14)8(6-12)17-11(10)15-4-2-7(13)3-5-15/h7H,2-5,13-14H2,1H3. The van der Waals surface area contributed by atoms with Gasteiger partial charge in [0.1, 0.15) is 21.6 Å². The second-order valence-corrected chi connectivity index (χ2v) is 5.12. The molecule has 2 heterocycles. The van der Waals surface area contributed by atoms with Crippen LogP contribution in [0, 0.1) is 11.3 Å². The molecule has 0 radical (unpaired) electrons. The number of anilines is 2. The third-order valence-corrected chi connectivity index (χ3v) is 4.17. The summed E-state index contributed by atoms with van der Waals surface area (Å²) in [6.45, 7) is 1.78. The van der Waals surface area contributed by atoms with Crippen molar-refractivity contribution in [1.82, 2.24) is 0 Å². The number of ether oxygens (including phenoxy) is 1. The van der Waals surface area contributed by atoms with E-state index in [2.05, 4.69) is 11.0 Å². The fraction of sp³-hybridized carbons (Fsp3) is 0.545. The van der Waals surface area contributed by atoms with E-state index in [4.69, 9.17) is 21.5 Å². The predicted octanol–water partition coefficient (Wildman–Crippen LogP) is 1.14. The highest BCUT2D eigenvalue weighted by Gasteiger charge is 2.24. The highest BCUT2D eigenvalue weighted by molar-refractivity contribution is 7.17. The number of nitrogen functional groups attached to an aromatic ring is 1. The Hall–Kier alpha value is -1.45. The summed E-state index contributed by atoms with van der Waals surface area (Å²) >= 11 is 1.39. The zero-order valence-corrected chi connectivity index (χ0v) is 10.6. The van der Waals surface area contributed by atoms with Crippen molar-refractivity contribution >= 4 is 22.0 Å². The van der Waals surface area contributed by atoms with E-state index in [1.807, 2.05) is 0 Å². The van der Waals surface area contributed by atoms with Gasteiger partial charge in [-0.2, -0.15) is 5.26 Å². The molecule has 1 aromatic rings. The van der Waals surface area contributed by atoms with Crippen molar-refractivity contribution in [2.75, 3.05) is 30.8 Å². The normalized spacial score (nSPS) is 16.9. The van der Waals surface area contributed by atoms with E-state index in [1.54, 1.807) is 7.11 Å². The summed E-state index contributed by atoms with van der Waals surface area (Å²) in [4.78, 5) is 2.72. The first-order valence-corrected chi connectivity index (χ1v) is 6.36. The van der Waals surface area contributed by atoms with Crippen LogP contribution < -0.4 is 21.1 Å². The molecule has 0 amide bonds. The molecule has 1 saturated heterocycles. The molecule has 0 atom stereocenters. The third-order valence-electron chi connectivity index (χ3n) is 3.01. The summed E-state index contributed by atoms with van der Waals surface area (Å²) in [5.41, 5.74) is 12.2. The lowest BCUT2D eigenvalue weighted by atomic mass is 10.1. The first-order chi connectivity index (χ1) is 8.17. The number of rotatable bonds is 2. The number of methoxy groups -OCH3 is 1. The van der Waals surface area contributed by atoms with Crippen LogP contribution in [-0.2, 0) is 0 Å². The Labute approximate surface area is 105 Å². The molecule has 2 rings (SSSR count). The van der Waals surface area contributed by atoms with Crippen LogP contribution in [0.4, 0.5) is 10.7 Å². The first-order valence-electron chi connectivity index (χ1n) is 5.54. The topological polar surface area (TPSA) is 88.3 Å². The molecule has 1 aliphatic rings. The molecule has 4 N–H and O–H groups in total. The van der Waals surface area contributed by atoms with Gasteiger partial charge in [-0.05, 0) is 12.8 Å². The van der Waals surface area contributed by atoms with Crippen LogP contribution >= 0.6 is 11.3 Å². The highest BCUT2D eigenvalue weighted by atomic mass is 32.1. The van der Waals surface area contributed by atoms with E-state index in [0.29, 0.717) is 16.3 Å². The lowest BCUT2D eigenvalue weighted by Gasteiger charge is -2.31. The Morgan fingerprint density at radius 3 is 2.65 bits per heavy atom. The highest BCUT2D eigenvalue weighted by Crippen LogP contribution is 2.44. The first kappa shape index (κ1) is 12.0. The smallest absolute Gasteiger partial charge is 0.177 e. The van der Waals surface area contributed by atoms with Gasteiger partial charge >= 0.3 is 0 Å². The molecule has 1 fully saturated rings. The van der Waals surface area contributed by atoms with Crippen molar-refractivity contribution < 1.29 is 4.74 Å². The van der Waals surface area contributed by atoms with Gasteiger partial charge in [0, 0.05) is 19.1 Å². The van der Waals surface area contributed by atoms with Crippen molar-refractivity contribution in [2.24, 2.45) is 5.73 Å². The molecular formula is C11H16N4OS. The molecular weight excluding hydrogens is 236 g/mol. The zero-order valence-electron chi connectivity index (χ0n) is 9.77. The quantitative estimate of drug-likeness (QED) is 0.824. The molecule has 92 valence electrons. The fourth-order valence-electron chi connectivity index (χ4n) is 2.01. The molecule has 6 heteroatoms. The SMILES string of the molecule is COc1c(N2CCC(N)CC2)sc(C#N)c1N. The summed E-state index contributed by atoms with van der Waals surface area (Å²) in [5.74, 6) is 0.627. The van der Waals surface area contributed by atoms with Crippen LogP contribution in [0.2, 0.25) is 0 Å². The van der Waals surface area contributed by atoms with E-state index < -0.39 is 0 Å². The average Bonchev–Trinajstić information content (AvgIpc) is 2.66. The van der Waals surface area contributed by atoms with Crippen LogP contribution in [0.3, 0.4) is 0 Å². The molecule has 17 heavy (non-hydrogen) atoms. The van der Waals surface area contributed by atoms with Gasteiger partial charge in [-0.3, -0.25) is 0 Å². The maximum Gasteiger partial charge on any atom is 0.177 e. The Morgan fingerprint density at radius 1 is 1.47 bits per heavy atom. The van der Waals surface area contributed by atoms with Crippen LogP contribution in [0.15, 0.2) is 0 Å². The van der Waals surface area contributed by atoms with Crippen molar-refractivity contribution in [1.29, 1.82) is 5.26 Å². The Bertz CT molecular complexity index is 443. The Balaban J connectivity index is 2.29. The number of hydrogen-bond acceptors (Lipinski definition) is 6. The average molecular weight is 252 g/mol. The third kappa shape index (κ3) is 2.16. The Morgan fingerprint density at radius 2 is 2.12 bits per heavy atom. The maximum atomic E-state index is 8.98. The molecule has 1 aliphatic heterocycles. The van der Waals surface area contributed by atoms with E-state index in [0.717, 1.165) is 30.9 Å². The van der Waals surface area contributed by atoms with E-state index >= 15 is 0 Å². The van der Waals surface area contributed by atoms with Crippen LogP contribution in [0.25, 0.3) is 0 Å². The van der Waals surface area contributed by atoms with Gasteiger partial charge in [0.25, 0.3) is 0 Å². The van der Waals surface area contributed by atoms with Gasteiger partial charge in [-0.25, -0.2) is 0 Å².